The number of hydrogen-bond donors (Lipinski definition) is 2. The van der Waals surface area contributed by atoms with E-state index in [0.29, 0.717) is 17.8 Å². The summed E-state index contributed by atoms with van der Waals surface area (Å²) >= 11 is 0. The molecule has 0 aliphatic carbocycles. The minimum atomic E-state index is -3.71. The van der Waals surface area contributed by atoms with Crippen LogP contribution >= 0.6 is 0 Å². The van der Waals surface area contributed by atoms with Gasteiger partial charge < -0.3 is 11.1 Å². The third-order valence-electron chi connectivity index (χ3n) is 2.70. The molecule has 0 aliphatic rings. The molecular weight excluding hydrogens is 252 g/mol. The number of anilines is 1. The first-order valence-corrected chi connectivity index (χ1v) is 7.23. The molecular formula is C12H18N2O3S. The molecule has 0 aromatic heterocycles. The van der Waals surface area contributed by atoms with Crippen molar-refractivity contribution in [2.24, 2.45) is 0 Å². The topological polar surface area (TPSA) is 89.3 Å². The van der Waals surface area contributed by atoms with Crippen LogP contribution in [0.15, 0.2) is 23.1 Å². The number of benzene rings is 1. The SMILES string of the molecule is CCNC(=O)C(C)S(=O)(=O)c1cc(N)ccc1C. The molecule has 1 unspecified atom stereocenters. The Hall–Kier alpha value is -1.56. The molecule has 0 aliphatic heterocycles. The highest BCUT2D eigenvalue weighted by atomic mass is 32.2. The molecule has 5 nitrogen and oxygen atoms in total. The van der Waals surface area contributed by atoms with Gasteiger partial charge in [-0.25, -0.2) is 8.42 Å². The first-order chi connectivity index (χ1) is 8.30. The first kappa shape index (κ1) is 14.5. The summed E-state index contributed by atoms with van der Waals surface area (Å²) in [5, 5.41) is 1.38. The summed E-state index contributed by atoms with van der Waals surface area (Å²) in [7, 11) is -3.71. The molecule has 0 spiro atoms. The van der Waals surface area contributed by atoms with Gasteiger partial charge in [-0.15, -0.1) is 0 Å². The van der Waals surface area contributed by atoms with E-state index in [2.05, 4.69) is 5.32 Å². The van der Waals surface area contributed by atoms with E-state index < -0.39 is 21.0 Å². The Bertz CT molecular complexity index is 552. The number of carbonyl (C=O) groups excluding carboxylic acids is 1. The number of carbonyl (C=O) groups is 1. The number of nitrogens with two attached hydrogens (primary N) is 1. The van der Waals surface area contributed by atoms with Gasteiger partial charge in [0.1, 0.15) is 5.25 Å². The van der Waals surface area contributed by atoms with Gasteiger partial charge in [0, 0.05) is 12.2 Å². The highest BCUT2D eigenvalue weighted by Crippen LogP contribution is 2.22. The van der Waals surface area contributed by atoms with Crippen molar-refractivity contribution in [3.63, 3.8) is 0 Å². The lowest BCUT2D eigenvalue weighted by Gasteiger charge is -2.14. The lowest BCUT2D eigenvalue weighted by Crippen LogP contribution is -2.38. The van der Waals surface area contributed by atoms with Crippen molar-refractivity contribution >= 4 is 21.4 Å². The maximum Gasteiger partial charge on any atom is 0.238 e. The fourth-order valence-corrected chi connectivity index (χ4v) is 3.14. The molecule has 6 heteroatoms. The lowest BCUT2D eigenvalue weighted by atomic mass is 10.2. The summed E-state index contributed by atoms with van der Waals surface area (Å²) in [5.74, 6) is -0.501. The van der Waals surface area contributed by atoms with E-state index >= 15 is 0 Å². The number of rotatable bonds is 4. The highest BCUT2D eigenvalue weighted by molar-refractivity contribution is 7.92. The average molecular weight is 270 g/mol. The quantitative estimate of drug-likeness (QED) is 0.795. The Morgan fingerprint density at radius 1 is 1.44 bits per heavy atom. The van der Waals surface area contributed by atoms with Crippen molar-refractivity contribution in [2.45, 2.75) is 30.9 Å². The molecule has 0 saturated carbocycles. The van der Waals surface area contributed by atoms with Gasteiger partial charge in [-0.1, -0.05) is 6.07 Å². The fourth-order valence-electron chi connectivity index (χ4n) is 1.57. The van der Waals surface area contributed by atoms with Gasteiger partial charge in [-0.05, 0) is 38.5 Å². The number of nitrogens with one attached hydrogen (secondary N) is 1. The summed E-state index contributed by atoms with van der Waals surface area (Å²) < 4.78 is 24.6. The number of aryl methyl sites for hydroxylation is 1. The van der Waals surface area contributed by atoms with E-state index in [0.717, 1.165) is 0 Å². The minimum Gasteiger partial charge on any atom is -0.399 e. The summed E-state index contributed by atoms with van der Waals surface area (Å²) in [6.07, 6.45) is 0. The van der Waals surface area contributed by atoms with E-state index in [1.807, 2.05) is 0 Å². The van der Waals surface area contributed by atoms with Gasteiger partial charge in [-0.3, -0.25) is 4.79 Å². The smallest absolute Gasteiger partial charge is 0.238 e. The van der Waals surface area contributed by atoms with Gasteiger partial charge in [0.2, 0.25) is 5.91 Å². The zero-order valence-electron chi connectivity index (χ0n) is 10.7. The molecule has 0 fully saturated rings. The first-order valence-electron chi connectivity index (χ1n) is 5.68. The Morgan fingerprint density at radius 3 is 2.61 bits per heavy atom. The average Bonchev–Trinajstić information content (AvgIpc) is 2.31. The fraction of sp³-hybridized carbons (Fsp3) is 0.417. The Labute approximate surface area is 107 Å². The van der Waals surface area contributed by atoms with E-state index in [-0.39, 0.29) is 4.90 Å². The van der Waals surface area contributed by atoms with E-state index in [1.54, 1.807) is 26.0 Å². The Morgan fingerprint density at radius 2 is 2.06 bits per heavy atom. The van der Waals surface area contributed by atoms with Gasteiger partial charge in [-0.2, -0.15) is 0 Å². The van der Waals surface area contributed by atoms with Crippen LogP contribution in [-0.4, -0.2) is 26.1 Å². The summed E-state index contributed by atoms with van der Waals surface area (Å²) in [4.78, 5) is 11.7. The maximum absolute atomic E-state index is 12.3. The lowest BCUT2D eigenvalue weighted by molar-refractivity contribution is -0.120. The molecule has 1 aromatic rings. The number of amides is 1. The van der Waals surface area contributed by atoms with E-state index in [1.165, 1.54) is 13.0 Å². The van der Waals surface area contributed by atoms with E-state index in [4.69, 9.17) is 5.73 Å². The second kappa shape index (κ2) is 5.39. The Kier molecular flexibility index (Phi) is 4.34. The Balaban J connectivity index is 3.21. The second-order valence-electron chi connectivity index (χ2n) is 4.11. The zero-order valence-corrected chi connectivity index (χ0v) is 11.5. The van der Waals surface area contributed by atoms with Crippen LogP contribution in [0.3, 0.4) is 0 Å². The van der Waals surface area contributed by atoms with Gasteiger partial charge in [0.15, 0.2) is 9.84 Å². The molecule has 1 atom stereocenters. The predicted molar refractivity (Wildman–Crippen MR) is 70.9 cm³/mol. The third-order valence-corrected chi connectivity index (χ3v) is 4.90. The van der Waals surface area contributed by atoms with Crippen molar-refractivity contribution in [2.75, 3.05) is 12.3 Å². The molecule has 1 aromatic carbocycles. The molecule has 1 rings (SSSR count). The van der Waals surface area contributed by atoms with Gasteiger partial charge in [0.05, 0.1) is 4.90 Å². The van der Waals surface area contributed by atoms with Crippen molar-refractivity contribution < 1.29 is 13.2 Å². The van der Waals surface area contributed by atoms with Crippen molar-refractivity contribution in [1.29, 1.82) is 0 Å². The van der Waals surface area contributed by atoms with Crippen LogP contribution in [0.5, 0.6) is 0 Å². The van der Waals surface area contributed by atoms with Crippen molar-refractivity contribution in [3.05, 3.63) is 23.8 Å². The number of nitrogen functional groups attached to an aromatic ring is 1. The van der Waals surface area contributed by atoms with Crippen LogP contribution < -0.4 is 11.1 Å². The normalized spacial score (nSPS) is 13.1. The molecule has 1 amide bonds. The van der Waals surface area contributed by atoms with Gasteiger partial charge >= 0.3 is 0 Å². The number of hydrogen-bond acceptors (Lipinski definition) is 4. The molecule has 0 saturated heterocycles. The minimum absolute atomic E-state index is 0.112. The number of sulfone groups is 1. The molecule has 0 heterocycles. The van der Waals surface area contributed by atoms with Crippen LogP contribution in [0.2, 0.25) is 0 Å². The van der Waals surface area contributed by atoms with Crippen LogP contribution in [0.4, 0.5) is 5.69 Å². The largest absolute Gasteiger partial charge is 0.399 e. The highest BCUT2D eigenvalue weighted by Gasteiger charge is 2.30. The molecule has 0 bridgehead atoms. The maximum atomic E-state index is 12.3. The standard InChI is InChI=1S/C12H18N2O3S/c1-4-14-12(15)9(3)18(16,17)11-7-10(13)6-5-8(11)2/h5-7,9H,4,13H2,1-3H3,(H,14,15). The molecule has 0 radical (unpaired) electrons. The molecule has 18 heavy (non-hydrogen) atoms. The monoisotopic (exact) mass is 270 g/mol. The summed E-state index contributed by atoms with van der Waals surface area (Å²) in [6.45, 7) is 5.19. The summed E-state index contributed by atoms with van der Waals surface area (Å²) in [5.41, 5.74) is 6.54. The van der Waals surface area contributed by atoms with Crippen LogP contribution in [0.25, 0.3) is 0 Å². The van der Waals surface area contributed by atoms with Crippen molar-refractivity contribution in [1.82, 2.24) is 5.32 Å². The van der Waals surface area contributed by atoms with Crippen LogP contribution in [0.1, 0.15) is 19.4 Å². The van der Waals surface area contributed by atoms with Crippen molar-refractivity contribution in [3.8, 4) is 0 Å². The second-order valence-corrected chi connectivity index (χ2v) is 6.34. The third kappa shape index (κ3) is 2.81. The van der Waals surface area contributed by atoms with Crippen LogP contribution in [0, 0.1) is 6.92 Å². The molecule has 100 valence electrons. The van der Waals surface area contributed by atoms with Gasteiger partial charge in [0.25, 0.3) is 0 Å². The summed E-state index contributed by atoms with van der Waals surface area (Å²) in [6, 6.07) is 4.65. The van der Waals surface area contributed by atoms with Crippen LogP contribution in [-0.2, 0) is 14.6 Å². The van der Waals surface area contributed by atoms with E-state index in [9.17, 15) is 13.2 Å². The zero-order chi connectivity index (χ0) is 13.9. The molecule has 3 N–H and O–H groups in total. The predicted octanol–water partition coefficient (Wildman–Crippen LogP) is 0.876.